The highest BCUT2D eigenvalue weighted by Gasteiger charge is 2.31. The number of hydrogen-bond donors (Lipinski definition) is 0. The van der Waals surface area contributed by atoms with Crippen molar-refractivity contribution in [1.29, 1.82) is 0 Å². The molecule has 3 rings (SSSR count). The van der Waals surface area contributed by atoms with Crippen LogP contribution in [0, 0.1) is 5.82 Å². The van der Waals surface area contributed by atoms with Gasteiger partial charge in [-0.25, -0.2) is 12.8 Å². The maximum Gasteiger partial charge on any atom is 0.267 e. The Kier molecular flexibility index (Phi) is 2.50. The fourth-order valence-corrected chi connectivity index (χ4v) is 3.28. The monoisotopic (exact) mass is 279 g/mol. The summed E-state index contributed by atoms with van der Waals surface area (Å²) in [5.41, 5.74) is 0.177. The average Bonchev–Trinajstić information content (AvgIpc) is 2.47. The Morgan fingerprint density at radius 1 is 1.11 bits per heavy atom. The molecule has 1 aliphatic rings. The average molecular weight is 279 g/mol. The van der Waals surface area contributed by atoms with Crippen LogP contribution in [0.5, 0.6) is 11.5 Å². The normalized spacial score (nSPS) is 16.0. The predicted octanol–water partition coefficient (Wildman–Crippen LogP) is 2.76. The lowest BCUT2D eigenvalue weighted by Crippen LogP contribution is -2.25. The second kappa shape index (κ2) is 3.96. The smallest absolute Gasteiger partial charge is 0.267 e. The molecule has 98 valence electrons. The number of nitrogens with zero attached hydrogens (tertiary/aromatic N) is 1. The van der Waals surface area contributed by atoms with E-state index in [0.717, 1.165) is 10.4 Å². The molecule has 2 aromatic carbocycles. The highest BCUT2D eigenvalue weighted by molar-refractivity contribution is 7.93. The largest absolute Gasteiger partial charge is 0.454 e. The number of sulfonamides is 1. The molecule has 0 aromatic heterocycles. The van der Waals surface area contributed by atoms with E-state index in [4.69, 9.17) is 4.74 Å². The van der Waals surface area contributed by atoms with E-state index in [0.29, 0.717) is 5.75 Å². The first-order valence-electron chi connectivity index (χ1n) is 5.55. The first-order valence-corrected chi connectivity index (χ1v) is 6.99. The van der Waals surface area contributed by atoms with E-state index in [-0.39, 0.29) is 16.3 Å². The quantitative estimate of drug-likeness (QED) is 0.745. The fourth-order valence-electron chi connectivity index (χ4n) is 1.97. The third-order valence-corrected chi connectivity index (χ3v) is 4.78. The molecule has 1 heterocycles. The van der Waals surface area contributed by atoms with E-state index in [1.165, 1.54) is 25.2 Å². The van der Waals surface area contributed by atoms with E-state index in [2.05, 4.69) is 0 Å². The molecule has 0 saturated carbocycles. The van der Waals surface area contributed by atoms with Gasteiger partial charge in [0, 0.05) is 13.1 Å². The molecule has 0 radical (unpaired) electrons. The van der Waals surface area contributed by atoms with Gasteiger partial charge in [0.25, 0.3) is 10.0 Å². The van der Waals surface area contributed by atoms with Gasteiger partial charge in [-0.1, -0.05) is 12.1 Å². The summed E-state index contributed by atoms with van der Waals surface area (Å²) >= 11 is 0. The number of fused-ring (bicyclic) bond motifs is 2. The molecule has 0 unspecified atom stereocenters. The molecular weight excluding hydrogens is 269 g/mol. The number of para-hydroxylation sites is 1. The first-order chi connectivity index (χ1) is 9.00. The van der Waals surface area contributed by atoms with Gasteiger partial charge in [-0.15, -0.1) is 0 Å². The van der Waals surface area contributed by atoms with Gasteiger partial charge in [-0.3, -0.25) is 4.31 Å². The molecule has 0 aliphatic carbocycles. The SMILES string of the molecule is CN1c2cc(F)ccc2Oc2ccccc2S1(=O)=O. The number of benzene rings is 2. The summed E-state index contributed by atoms with van der Waals surface area (Å²) in [5.74, 6) is 0.0208. The molecular formula is C13H10FNO3S. The molecule has 0 spiro atoms. The predicted molar refractivity (Wildman–Crippen MR) is 68.5 cm³/mol. The Morgan fingerprint density at radius 3 is 2.63 bits per heavy atom. The molecule has 0 amide bonds. The summed E-state index contributed by atoms with van der Waals surface area (Å²) in [7, 11) is -2.37. The minimum Gasteiger partial charge on any atom is -0.454 e. The zero-order chi connectivity index (χ0) is 13.6. The topological polar surface area (TPSA) is 46.6 Å². The fraction of sp³-hybridized carbons (Fsp3) is 0.0769. The molecule has 0 bridgehead atoms. The summed E-state index contributed by atoms with van der Waals surface area (Å²) < 4.78 is 44.7. The van der Waals surface area contributed by atoms with Crippen LogP contribution in [0.4, 0.5) is 10.1 Å². The Balaban J connectivity index is 2.33. The molecule has 19 heavy (non-hydrogen) atoms. The van der Waals surface area contributed by atoms with Crippen molar-refractivity contribution in [3.05, 3.63) is 48.3 Å². The Morgan fingerprint density at radius 2 is 1.84 bits per heavy atom. The molecule has 1 aliphatic heterocycles. The van der Waals surface area contributed by atoms with Gasteiger partial charge in [-0.05, 0) is 24.3 Å². The maximum atomic E-state index is 13.3. The molecule has 0 fully saturated rings. The molecule has 4 nitrogen and oxygen atoms in total. The third kappa shape index (κ3) is 1.76. The van der Waals surface area contributed by atoms with Crippen LogP contribution in [0.3, 0.4) is 0 Å². The van der Waals surface area contributed by atoms with Gasteiger partial charge in [-0.2, -0.15) is 0 Å². The lowest BCUT2D eigenvalue weighted by Gasteiger charge is -2.17. The van der Waals surface area contributed by atoms with E-state index in [1.807, 2.05) is 0 Å². The zero-order valence-electron chi connectivity index (χ0n) is 10.00. The number of hydrogen-bond acceptors (Lipinski definition) is 3. The summed E-state index contributed by atoms with van der Waals surface area (Å²) in [6.45, 7) is 0. The van der Waals surface area contributed by atoms with Crippen molar-refractivity contribution in [2.45, 2.75) is 4.90 Å². The third-order valence-electron chi connectivity index (χ3n) is 2.97. The van der Waals surface area contributed by atoms with Crippen molar-refractivity contribution in [2.24, 2.45) is 0 Å². The Bertz CT molecular complexity index is 758. The van der Waals surface area contributed by atoms with Crippen LogP contribution in [0.2, 0.25) is 0 Å². The molecule has 0 atom stereocenters. The zero-order valence-corrected chi connectivity index (χ0v) is 10.8. The summed E-state index contributed by atoms with van der Waals surface area (Å²) in [4.78, 5) is 0.0640. The lowest BCUT2D eigenvalue weighted by molar-refractivity contribution is 0.471. The highest BCUT2D eigenvalue weighted by atomic mass is 32.2. The van der Waals surface area contributed by atoms with Crippen LogP contribution in [-0.4, -0.2) is 15.5 Å². The molecule has 0 saturated heterocycles. The minimum absolute atomic E-state index is 0.0640. The van der Waals surface area contributed by atoms with Crippen molar-refractivity contribution in [1.82, 2.24) is 0 Å². The van der Waals surface area contributed by atoms with Crippen molar-refractivity contribution >= 4 is 15.7 Å². The van der Waals surface area contributed by atoms with Crippen LogP contribution in [0.1, 0.15) is 0 Å². The molecule has 0 N–H and O–H groups in total. The highest BCUT2D eigenvalue weighted by Crippen LogP contribution is 2.41. The van der Waals surface area contributed by atoms with Crippen molar-refractivity contribution in [3.63, 3.8) is 0 Å². The molecule has 6 heteroatoms. The maximum absolute atomic E-state index is 13.3. The van der Waals surface area contributed by atoms with Crippen LogP contribution in [0.25, 0.3) is 0 Å². The van der Waals surface area contributed by atoms with Gasteiger partial charge in [0.2, 0.25) is 0 Å². The standard InChI is InChI=1S/C13H10FNO3S/c1-15-10-8-9(14)6-7-11(10)18-12-4-2-3-5-13(12)19(15,16)17/h2-8H,1H3. The second-order valence-electron chi connectivity index (χ2n) is 4.13. The Hall–Kier alpha value is -2.08. The second-order valence-corrected chi connectivity index (χ2v) is 6.07. The van der Waals surface area contributed by atoms with Crippen molar-refractivity contribution < 1.29 is 17.5 Å². The molecule has 2 aromatic rings. The number of halogens is 1. The van der Waals surface area contributed by atoms with Gasteiger partial charge in [0.05, 0.1) is 5.69 Å². The summed E-state index contributed by atoms with van der Waals surface area (Å²) in [5, 5.41) is 0. The Labute approximate surface area is 110 Å². The van der Waals surface area contributed by atoms with Crippen LogP contribution >= 0.6 is 0 Å². The summed E-state index contributed by atoms with van der Waals surface area (Å²) in [6, 6.07) is 10.1. The number of rotatable bonds is 0. The van der Waals surface area contributed by atoms with Gasteiger partial charge < -0.3 is 4.74 Å². The van der Waals surface area contributed by atoms with Crippen LogP contribution in [-0.2, 0) is 10.0 Å². The van der Waals surface area contributed by atoms with E-state index >= 15 is 0 Å². The first kappa shape index (κ1) is 12.0. The van der Waals surface area contributed by atoms with E-state index in [1.54, 1.807) is 18.2 Å². The van der Waals surface area contributed by atoms with Gasteiger partial charge in [0.15, 0.2) is 5.75 Å². The van der Waals surface area contributed by atoms with Crippen LogP contribution < -0.4 is 9.04 Å². The summed E-state index contributed by atoms with van der Waals surface area (Å²) in [6.07, 6.45) is 0. The minimum atomic E-state index is -3.75. The lowest BCUT2D eigenvalue weighted by atomic mass is 10.3. The van der Waals surface area contributed by atoms with Gasteiger partial charge in [0.1, 0.15) is 16.5 Å². The van der Waals surface area contributed by atoms with Gasteiger partial charge >= 0.3 is 0 Å². The van der Waals surface area contributed by atoms with E-state index in [9.17, 15) is 12.8 Å². The number of anilines is 1. The van der Waals surface area contributed by atoms with E-state index < -0.39 is 15.8 Å². The van der Waals surface area contributed by atoms with Crippen molar-refractivity contribution in [2.75, 3.05) is 11.4 Å². The van der Waals surface area contributed by atoms with Crippen LogP contribution in [0.15, 0.2) is 47.4 Å². The number of ether oxygens (including phenoxy) is 1. The van der Waals surface area contributed by atoms with Crippen molar-refractivity contribution in [3.8, 4) is 11.5 Å².